The molecule has 1 rings (SSSR count). The van der Waals surface area contributed by atoms with Gasteiger partial charge in [0.1, 0.15) is 11.9 Å². The van der Waals surface area contributed by atoms with Crippen molar-refractivity contribution in [3.8, 4) is 0 Å². The van der Waals surface area contributed by atoms with E-state index in [-0.39, 0.29) is 0 Å². The van der Waals surface area contributed by atoms with Crippen LogP contribution in [0.3, 0.4) is 0 Å². The first-order valence-corrected chi connectivity index (χ1v) is 5.30. The van der Waals surface area contributed by atoms with Crippen molar-refractivity contribution in [2.24, 2.45) is 12.8 Å². The Bertz CT molecular complexity index is 350. The SMILES string of the molecule is COC(=O)C(C)(N)CSc1nncn1C. The molecule has 0 radical (unpaired) electrons. The van der Waals surface area contributed by atoms with Gasteiger partial charge >= 0.3 is 5.97 Å². The quantitative estimate of drug-likeness (QED) is 0.569. The molecule has 6 nitrogen and oxygen atoms in total. The van der Waals surface area contributed by atoms with Gasteiger partial charge in [-0.25, -0.2) is 0 Å². The van der Waals surface area contributed by atoms with Crippen molar-refractivity contribution in [3.05, 3.63) is 6.33 Å². The molecule has 15 heavy (non-hydrogen) atoms. The molecule has 0 fully saturated rings. The van der Waals surface area contributed by atoms with Crippen molar-refractivity contribution in [1.82, 2.24) is 14.8 Å². The highest BCUT2D eigenvalue weighted by molar-refractivity contribution is 7.99. The molecule has 1 aromatic heterocycles. The summed E-state index contributed by atoms with van der Waals surface area (Å²) in [5.74, 6) is -0.0381. The van der Waals surface area contributed by atoms with Crippen molar-refractivity contribution in [2.75, 3.05) is 12.9 Å². The second-order valence-electron chi connectivity index (χ2n) is 3.42. The first kappa shape index (κ1) is 12.0. The summed E-state index contributed by atoms with van der Waals surface area (Å²) in [5, 5.41) is 8.31. The maximum atomic E-state index is 11.3. The smallest absolute Gasteiger partial charge is 0.326 e. The number of nitrogens with zero attached hydrogens (tertiary/aromatic N) is 3. The lowest BCUT2D eigenvalue weighted by molar-refractivity contribution is -0.145. The van der Waals surface area contributed by atoms with Crippen molar-refractivity contribution >= 4 is 17.7 Å². The van der Waals surface area contributed by atoms with Crippen LogP contribution in [0.15, 0.2) is 11.5 Å². The van der Waals surface area contributed by atoms with Crippen LogP contribution in [0.25, 0.3) is 0 Å². The number of thioether (sulfide) groups is 1. The molecule has 1 aromatic rings. The van der Waals surface area contributed by atoms with E-state index in [1.807, 2.05) is 7.05 Å². The molecule has 84 valence electrons. The Morgan fingerprint density at radius 2 is 2.47 bits per heavy atom. The maximum absolute atomic E-state index is 11.3. The third-order valence-corrected chi connectivity index (χ3v) is 3.19. The molecular weight excluding hydrogens is 216 g/mol. The molecule has 0 spiro atoms. The predicted octanol–water partition coefficient (Wildman–Crippen LogP) is -0.202. The first-order chi connectivity index (χ1) is 6.97. The number of hydrogen-bond acceptors (Lipinski definition) is 6. The van der Waals surface area contributed by atoms with Crippen LogP contribution in [0.5, 0.6) is 0 Å². The zero-order valence-electron chi connectivity index (χ0n) is 8.93. The highest BCUT2D eigenvalue weighted by Crippen LogP contribution is 2.19. The third kappa shape index (κ3) is 2.93. The molecular formula is C8H14N4O2S. The van der Waals surface area contributed by atoms with Gasteiger partial charge in [0.2, 0.25) is 0 Å². The first-order valence-electron chi connectivity index (χ1n) is 4.31. The van der Waals surface area contributed by atoms with E-state index >= 15 is 0 Å². The number of aromatic nitrogens is 3. The molecule has 0 bridgehead atoms. The molecule has 2 N–H and O–H groups in total. The number of methoxy groups -OCH3 is 1. The fourth-order valence-electron chi connectivity index (χ4n) is 0.910. The lowest BCUT2D eigenvalue weighted by Crippen LogP contribution is -2.48. The van der Waals surface area contributed by atoms with Gasteiger partial charge in [0.15, 0.2) is 5.16 Å². The zero-order chi connectivity index (χ0) is 11.5. The van der Waals surface area contributed by atoms with Gasteiger partial charge in [-0.2, -0.15) is 0 Å². The summed E-state index contributed by atoms with van der Waals surface area (Å²) in [5.41, 5.74) is 4.78. The number of nitrogens with two attached hydrogens (primary N) is 1. The second-order valence-corrected chi connectivity index (χ2v) is 4.36. The van der Waals surface area contributed by atoms with Gasteiger partial charge in [-0.3, -0.25) is 4.79 Å². The Morgan fingerprint density at radius 1 is 1.80 bits per heavy atom. The van der Waals surface area contributed by atoms with Crippen LogP contribution in [-0.4, -0.2) is 39.1 Å². The average molecular weight is 230 g/mol. The Labute approximate surface area is 92.2 Å². The number of esters is 1. The Kier molecular flexibility index (Phi) is 3.70. The lowest BCUT2D eigenvalue weighted by atomic mass is 10.1. The molecule has 0 aromatic carbocycles. The van der Waals surface area contributed by atoms with Crippen molar-refractivity contribution in [3.63, 3.8) is 0 Å². The van der Waals surface area contributed by atoms with Crippen LogP contribution < -0.4 is 5.73 Å². The van der Waals surface area contributed by atoms with Gasteiger partial charge < -0.3 is 15.0 Å². The predicted molar refractivity (Wildman–Crippen MR) is 56.3 cm³/mol. The van der Waals surface area contributed by atoms with Crippen LogP contribution in [0, 0.1) is 0 Å². The van der Waals surface area contributed by atoms with E-state index in [0.29, 0.717) is 5.75 Å². The maximum Gasteiger partial charge on any atom is 0.326 e. The van der Waals surface area contributed by atoms with Crippen LogP contribution in [0.1, 0.15) is 6.92 Å². The molecule has 0 saturated carbocycles. The number of ether oxygens (including phenoxy) is 1. The van der Waals surface area contributed by atoms with Gasteiger partial charge in [0.25, 0.3) is 0 Å². The van der Waals surface area contributed by atoms with Crippen molar-refractivity contribution in [2.45, 2.75) is 17.6 Å². The van der Waals surface area contributed by atoms with E-state index in [2.05, 4.69) is 14.9 Å². The van der Waals surface area contributed by atoms with Crippen LogP contribution in [0.4, 0.5) is 0 Å². The molecule has 0 amide bonds. The Hall–Kier alpha value is -1.08. The Morgan fingerprint density at radius 3 is 2.93 bits per heavy atom. The largest absolute Gasteiger partial charge is 0.468 e. The summed E-state index contributed by atoms with van der Waals surface area (Å²) in [6.07, 6.45) is 1.59. The van der Waals surface area contributed by atoms with E-state index in [1.165, 1.54) is 18.9 Å². The number of carbonyl (C=O) groups is 1. The summed E-state index contributed by atoms with van der Waals surface area (Å²) in [6, 6.07) is 0. The van der Waals surface area contributed by atoms with Crippen molar-refractivity contribution < 1.29 is 9.53 Å². The molecule has 0 aliphatic carbocycles. The minimum absolute atomic E-state index is 0.395. The number of hydrogen-bond donors (Lipinski definition) is 1. The molecule has 1 atom stereocenters. The van der Waals surface area contributed by atoms with E-state index in [1.54, 1.807) is 17.8 Å². The standard InChI is InChI=1S/C8H14N4O2S/c1-8(9,6(13)14-3)4-15-7-11-10-5-12(7)2/h5H,4,9H2,1-3H3. The highest BCUT2D eigenvalue weighted by atomic mass is 32.2. The van der Waals surface area contributed by atoms with Crippen LogP contribution >= 0.6 is 11.8 Å². The van der Waals surface area contributed by atoms with Gasteiger partial charge in [-0.05, 0) is 6.92 Å². The van der Waals surface area contributed by atoms with Gasteiger partial charge in [-0.1, -0.05) is 11.8 Å². The van der Waals surface area contributed by atoms with Crippen molar-refractivity contribution in [1.29, 1.82) is 0 Å². The fourth-order valence-corrected chi connectivity index (χ4v) is 1.81. The molecule has 1 unspecified atom stereocenters. The third-order valence-electron chi connectivity index (χ3n) is 1.82. The minimum atomic E-state index is -1.01. The normalized spacial score (nSPS) is 14.7. The average Bonchev–Trinajstić information content (AvgIpc) is 2.60. The van der Waals surface area contributed by atoms with Gasteiger partial charge in [-0.15, -0.1) is 10.2 Å². The van der Waals surface area contributed by atoms with E-state index in [9.17, 15) is 4.79 Å². The molecule has 0 saturated heterocycles. The number of carbonyl (C=O) groups excluding carboxylic acids is 1. The molecule has 1 heterocycles. The van der Waals surface area contributed by atoms with E-state index in [0.717, 1.165) is 5.16 Å². The summed E-state index contributed by atoms with van der Waals surface area (Å²) in [6.45, 7) is 1.63. The summed E-state index contributed by atoms with van der Waals surface area (Å²) >= 11 is 1.37. The van der Waals surface area contributed by atoms with Gasteiger partial charge in [0, 0.05) is 12.8 Å². The zero-order valence-corrected chi connectivity index (χ0v) is 9.74. The van der Waals surface area contributed by atoms with Crippen LogP contribution in [-0.2, 0) is 16.6 Å². The molecule has 7 heteroatoms. The molecule has 0 aliphatic heterocycles. The van der Waals surface area contributed by atoms with Gasteiger partial charge in [0.05, 0.1) is 7.11 Å². The van der Waals surface area contributed by atoms with E-state index in [4.69, 9.17) is 5.73 Å². The highest BCUT2D eigenvalue weighted by Gasteiger charge is 2.30. The summed E-state index contributed by atoms with van der Waals surface area (Å²) in [4.78, 5) is 11.3. The topological polar surface area (TPSA) is 83.0 Å². The second kappa shape index (κ2) is 4.63. The lowest BCUT2D eigenvalue weighted by Gasteiger charge is -2.20. The fraction of sp³-hybridized carbons (Fsp3) is 0.625. The number of aryl methyl sites for hydroxylation is 1. The minimum Gasteiger partial charge on any atom is -0.468 e. The monoisotopic (exact) mass is 230 g/mol. The van der Waals surface area contributed by atoms with E-state index < -0.39 is 11.5 Å². The number of rotatable bonds is 4. The molecule has 0 aliphatic rings. The summed E-state index contributed by atoms with van der Waals surface area (Å²) in [7, 11) is 3.15. The van der Waals surface area contributed by atoms with Crippen LogP contribution in [0.2, 0.25) is 0 Å². The summed E-state index contributed by atoms with van der Waals surface area (Å²) < 4.78 is 6.36. The Balaban J connectivity index is 2.57.